The Morgan fingerprint density at radius 2 is 1.94 bits per heavy atom. The third-order valence-corrected chi connectivity index (χ3v) is 2.55. The molecule has 1 rings (SSSR count). The maximum absolute atomic E-state index is 11.1. The van der Waals surface area contributed by atoms with Crippen LogP contribution in [0.5, 0.6) is 0 Å². The van der Waals surface area contributed by atoms with E-state index in [1.165, 1.54) is 0 Å². The van der Waals surface area contributed by atoms with Gasteiger partial charge in [-0.05, 0) is 17.7 Å². The average molecular weight is 242 g/mol. The molecule has 4 heteroatoms. The highest BCUT2D eigenvalue weighted by molar-refractivity contribution is 6.30. The number of hydrogen-bond acceptors (Lipinski definition) is 2. The maximum Gasteiger partial charge on any atom is 0.312 e. The zero-order valence-electron chi connectivity index (χ0n) is 9.40. The molecule has 3 nitrogen and oxygen atoms in total. The van der Waals surface area contributed by atoms with Gasteiger partial charge in [0.05, 0.1) is 5.92 Å². The third kappa shape index (κ3) is 3.83. The van der Waals surface area contributed by atoms with Gasteiger partial charge in [0.2, 0.25) is 0 Å². The van der Waals surface area contributed by atoms with Crippen molar-refractivity contribution in [1.29, 1.82) is 0 Å². The van der Waals surface area contributed by atoms with Crippen LogP contribution in [0.1, 0.15) is 25.3 Å². The molecule has 1 unspecified atom stereocenters. The standard InChI is InChI=1S/C12H16ClNO2/c1-8(2)14-7-11(12(15)16)9-3-5-10(13)6-4-9/h3-6,8,11,14H,7H2,1-2H3,(H,15,16). The van der Waals surface area contributed by atoms with Crippen LogP contribution >= 0.6 is 11.6 Å². The predicted molar refractivity (Wildman–Crippen MR) is 65.0 cm³/mol. The predicted octanol–water partition coefficient (Wildman–Crippen LogP) is 2.51. The van der Waals surface area contributed by atoms with Gasteiger partial charge in [-0.3, -0.25) is 4.79 Å². The average Bonchev–Trinajstić information content (AvgIpc) is 2.20. The van der Waals surface area contributed by atoms with E-state index in [1.807, 2.05) is 13.8 Å². The molecular weight excluding hydrogens is 226 g/mol. The molecule has 0 aliphatic rings. The van der Waals surface area contributed by atoms with E-state index >= 15 is 0 Å². The zero-order valence-corrected chi connectivity index (χ0v) is 10.2. The molecule has 0 aromatic heterocycles. The highest BCUT2D eigenvalue weighted by Crippen LogP contribution is 2.18. The Labute approximate surface area is 100 Å². The molecule has 0 aliphatic carbocycles. The number of carboxylic acid groups (broad SMARTS) is 1. The second kappa shape index (κ2) is 5.87. The molecule has 0 bridgehead atoms. The van der Waals surface area contributed by atoms with Crippen molar-refractivity contribution in [3.63, 3.8) is 0 Å². The molecule has 0 saturated heterocycles. The highest BCUT2D eigenvalue weighted by atomic mass is 35.5. The summed E-state index contributed by atoms with van der Waals surface area (Å²) in [7, 11) is 0. The monoisotopic (exact) mass is 241 g/mol. The van der Waals surface area contributed by atoms with Gasteiger partial charge >= 0.3 is 5.97 Å². The molecule has 16 heavy (non-hydrogen) atoms. The first-order chi connectivity index (χ1) is 7.50. The van der Waals surface area contributed by atoms with Crippen LogP contribution in [0.25, 0.3) is 0 Å². The number of halogens is 1. The van der Waals surface area contributed by atoms with E-state index in [4.69, 9.17) is 16.7 Å². The van der Waals surface area contributed by atoms with Gasteiger partial charge in [-0.15, -0.1) is 0 Å². The van der Waals surface area contributed by atoms with Crippen molar-refractivity contribution in [2.24, 2.45) is 0 Å². The molecule has 1 atom stereocenters. The van der Waals surface area contributed by atoms with Crippen LogP contribution in [0.2, 0.25) is 5.02 Å². The van der Waals surface area contributed by atoms with E-state index in [2.05, 4.69) is 5.32 Å². The minimum absolute atomic E-state index is 0.272. The zero-order chi connectivity index (χ0) is 12.1. The Morgan fingerprint density at radius 3 is 2.38 bits per heavy atom. The van der Waals surface area contributed by atoms with Crippen molar-refractivity contribution in [3.8, 4) is 0 Å². The number of carboxylic acids is 1. The summed E-state index contributed by atoms with van der Waals surface area (Å²) in [5.41, 5.74) is 0.769. The molecule has 0 fully saturated rings. The van der Waals surface area contributed by atoms with Crippen LogP contribution < -0.4 is 5.32 Å². The number of aliphatic carboxylic acids is 1. The number of hydrogen-bond donors (Lipinski definition) is 2. The topological polar surface area (TPSA) is 49.3 Å². The summed E-state index contributed by atoms with van der Waals surface area (Å²) in [6.45, 7) is 4.40. The Morgan fingerprint density at radius 1 is 1.38 bits per heavy atom. The van der Waals surface area contributed by atoms with Gasteiger partial charge in [0, 0.05) is 17.6 Å². The fraction of sp³-hybridized carbons (Fsp3) is 0.417. The summed E-state index contributed by atoms with van der Waals surface area (Å²) in [5.74, 6) is -1.35. The minimum Gasteiger partial charge on any atom is -0.481 e. The fourth-order valence-corrected chi connectivity index (χ4v) is 1.52. The summed E-state index contributed by atoms with van der Waals surface area (Å²) in [4.78, 5) is 11.1. The Bertz CT molecular complexity index is 349. The number of benzene rings is 1. The van der Waals surface area contributed by atoms with Crippen molar-refractivity contribution in [3.05, 3.63) is 34.9 Å². The Balaban J connectivity index is 2.77. The van der Waals surface area contributed by atoms with Crippen LogP contribution in [-0.4, -0.2) is 23.7 Å². The lowest BCUT2D eigenvalue weighted by molar-refractivity contribution is -0.138. The molecule has 0 amide bonds. The normalized spacial score (nSPS) is 12.8. The smallest absolute Gasteiger partial charge is 0.312 e. The molecule has 2 N–H and O–H groups in total. The van der Waals surface area contributed by atoms with E-state index in [9.17, 15) is 4.79 Å². The second-order valence-corrected chi connectivity index (χ2v) is 4.44. The maximum atomic E-state index is 11.1. The summed E-state index contributed by atoms with van der Waals surface area (Å²) < 4.78 is 0. The lowest BCUT2D eigenvalue weighted by Gasteiger charge is -2.15. The van der Waals surface area contributed by atoms with Crippen LogP contribution in [0.4, 0.5) is 0 Å². The Hall–Kier alpha value is -1.06. The molecule has 88 valence electrons. The van der Waals surface area contributed by atoms with Gasteiger partial charge in [-0.2, -0.15) is 0 Å². The number of rotatable bonds is 5. The molecule has 1 aromatic rings. The summed E-state index contributed by atoms with van der Waals surface area (Å²) in [6.07, 6.45) is 0. The first-order valence-corrected chi connectivity index (χ1v) is 5.60. The summed E-state index contributed by atoms with van der Waals surface area (Å²) in [6, 6.07) is 7.20. The molecular formula is C12H16ClNO2. The van der Waals surface area contributed by atoms with Gasteiger partial charge < -0.3 is 10.4 Å². The lowest BCUT2D eigenvalue weighted by atomic mass is 9.99. The quantitative estimate of drug-likeness (QED) is 0.833. The number of nitrogens with one attached hydrogen (secondary N) is 1. The van der Waals surface area contributed by atoms with E-state index in [-0.39, 0.29) is 6.04 Å². The summed E-state index contributed by atoms with van der Waals surface area (Å²) in [5, 5.41) is 12.9. The molecule has 0 radical (unpaired) electrons. The van der Waals surface area contributed by atoms with E-state index in [1.54, 1.807) is 24.3 Å². The molecule has 1 aromatic carbocycles. The van der Waals surface area contributed by atoms with Gasteiger partial charge in [0.25, 0.3) is 0 Å². The third-order valence-electron chi connectivity index (χ3n) is 2.30. The van der Waals surface area contributed by atoms with Crippen molar-refractivity contribution in [2.45, 2.75) is 25.8 Å². The van der Waals surface area contributed by atoms with Crippen LogP contribution in [-0.2, 0) is 4.79 Å². The second-order valence-electron chi connectivity index (χ2n) is 4.01. The van der Waals surface area contributed by atoms with E-state index < -0.39 is 11.9 Å². The largest absolute Gasteiger partial charge is 0.481 e. The van der Waals surface area contributed by atoms with E-state index in [0.29, 0.717) is 11.6 Å². The first-order valence-electron chi connectivity index (χ1n) is 5.22. The molecule has 0 spiro atoms. The van der Waals surface area contributed by atoms with Crippen molar-refractivity contribution < 1.29 is 9.90 Å². The van der Waals surface area contributed by atoms with Crippen molar-refractivity contribution in [2.75, 3.05) is 6.54 Å². The van der Waals surface area contributed by atoms with Gasteiger partial charge in [0.15, 0.2) is 0 Å². The van der Waals surface area contributed by atoms with Crippen molar-refractivity contribution >= 4 is 17.6 Å². The number of carbonyl (C=O) groups is 1. The van der Waals surface area contributed by atoms with Crippen molar-refractivity contribution in [1.82, 2.24) is 5.32 Å². The lowest BCUT2D eigenvalue weighted by Crippen LogP contribution is -2.31. The van der Waals surface area contributed by atoms with E-state index in [0.717, 1.165) is 5.56 Å². The highest BCUT2D eigenvalue weighted by Gasteiger charge is 2.19. The minimum atomic E-state index is -0.824. The summed E-state index contributed by atoms with van der Waals surface area (Å²) >= 11 is 5.76. The van der Waals surface area contributed by atoms with Crippen LogP contribution in [0, 0.1) is 0 Å². The van der Waals surface area contributed by atoms with Gasteiger partial charge in [-0.25, -0.2) is 0 Å². The van der Waals surface area contributed by atoms with Gasteiger partial charge in [-0.1, -0.05) is 37.6 Å². The fourth-order valence-electron chi connectivity index (χ4n) is 1.40. The molecule has 0 heterocycles. The molecule has 0 saturated carbocycles. The first kappa shape index (κ1) is 13.0. The molecule has 0 aliphatic heterocycles. The van der Waals surface area contributed by atoms with Crippen LogP contribution in [0.3, 0.4) is 0 Å². The Kier molecular flexibility index (Phi) is 4.77. The van der Waals surface area contributed by atoms with Gasteiger partial charge in [0.1, 0.15) is 0 Å². The SMILES string of the molecule is CC(C)NCC(C(=O)O)c1ccc(Cl)cc1. The van der Waals surface area contributed by atoms with Crippen LogP contribution in [0.15, 0.2) is 24.3 Å².